The molecule has 0 aromatic heterocycles. The summed E-state index contributed by atoms with van der Waals surface area (Å²) in [5.74, 6) is -1.59. The van der Waals surface area contributed by atoms with Gasteiger partial charge < -0.3 is 14.4 Å². The molecule has 0 aromatic rings. The minimum atomic E-state index is -0.903. The molecular formula is C10H12N2O5S. The third-order valence-electron chi connectivity index (χ3n) is 2.39. The Morgan fingerprint density at radius 3 is 2.44 bits per heavy atom. The first kappa shape index (κ1) is 14.3. The van der Waals surface area contributed by atoms with Crippen molar-refractivity contribution in [2.45, 2.75) is 17.8 Å². The molecule has 8 heteroatoms. The average Bonchev–Trinajstić information content (AvgIpc) is 2.81. The van der Waals surface area contributed by atoms with Gasteiger partial charge in [0.2, 0.25) is 5.91 Å². The number of nitriles is 1. The van der Waals surface area contributed by atoms with Crippen LogP contribution in [-0.2, 0) is 23.9 Å². The van der Waals surface area contributed by atoms with E-state index in [1.807, 2.05) is 0 Å². The fraction of sp³-hybridized carbons (Fsp3) is 0.600. The van der Waals surface area contributed by atoms with E-state index in [0.29, 0.717) is 0 Å². The normalized spacial score (nSPS) is 22.2. The number of rotatable bonds is 3. The van der Waals surface area contributed by atoms with Crippen LogP contribution in [0.25, 0.3) is 0 Å². The van der Waals surface area contributed by atoms with Crippen LogP contribution >= 0.6 is 11.8 Å². The largest absolute Gasteiger partial charge is 0.467 e. The zero-order chi connectivity index (χ0) is 13.7. The smallest absolute Gasteiger partial charge is 0.339 e. The Labute approximate surface area is 108 Å². The lowest BCUT2D eigenvalue weighted by molar-refractivity contribution is -0.156. The second-order valence-corrected chi connectivity index (χ2v) is 4.50. The van der Waals surface area contributed by atoms with Gasteiger partial charge in [0, 0.05) is 5.75 Å². The highest BCUT2D eigenvalue weighted by Crippen LogP contribution is 2.31. The third kappa shape index (κ3) is 2.73. The van der Waals surface area contributed by atoms with Crippen molar-refractivity contribution in [3.05, 3.63) is 0 Å². The molecule has 1 amide bonds. The van der Waals surface area contributed by atoms with E-state index < -0.39 is 35.7 Å². The Morgan fingerprint density at radius 2 is 1.94 bits per heavy atom. The molecule has 1 saturated heterocycles. The Hall–Kier alpha value is -1.75. The van der Waals surface area contributed by atoms with E-state index in [1.165, 1.54) is 14.2 Å². The number of carbonyl (C=O) groups excluding carboxylic acids is 3. The van der Waals surface area contributed by atoms with Crippen LogP contribution in [0.15, 0.2) is 0 Å². The summed E-state index contributed by atoms with van der Waals surface area (Å²) in [6.07, 6.45) is -0.401. The van der Waals surface area contributed by atoms with Crippen LogP contribution in [0.4, 0.5) is 0 Å². The predicted octanol–water partition coefficient (Wildman–Crippen LogP) is -0.484. The van der Waals surface area contributed by atoms with E-state index in [-0.39, 0.29) is 5.75 Å². The number of nitrogens with zero attached hydrogens (tertiary/aromatic N) is 2. The summed E-state index contributed by atoms with van der Waals surface area (Å²) in [5.41, 5.74) is 0. The van der Waals surface area contributed by atoms with Crippen LogP contribution in [0, 0.1) is 11.3 Å². The maximum Gasteiger partial charge on any atom is 0.339 e. The first-order chi connectivity index (χ1) is 8.56. The van der Waals surface area contributed by atoms with Gasteiger partial charge in [-0.2, -0.15) is 5.26 Å². The van der Waals surface area contributed by atoms with E-state index >= 15 is 0 Å². The lowest BCUT2D eigenvalue weighted by Crippen LogP contribution is -2.48. The molecule has 0 saturated carbocycles. The maximum absolute atomic E-state index is 11.8. The number of methoxy groups -OCH3 is 2. The van der Waals surface area contributed by atoms with Crippen LogP contribution in [0.5, 0.6) is 0 Å². The van der Waals surface area contributed by atoms with Crippen molar-refractivity contribution in [1.29, 1.82) is 5.26 Å². The highest BCUT2D eigenvalue weighted by molar-refractivity contribution is 8.00. The predicted molar refractivity (Wildman–Crippen MR) is 61.1 cm³/mol. The lowest BCUT2D eigenvalue weighted by Gasteiger charge is -2.25. The van der Waals surface area contributed by atoms with E-state index in [4.69, 9.17) is 5.26 Å². The second kappa shape index (κ2) is 6.26. The zero-order valence-electron chi connectivity index (χ0n) is 9.91. The molecule has 0 spiro atoms. The van der Waals surface area contributed by atoms with Crippen molar-refractivity contribution < 1.29 is 23.9 Å². The molecule has 1 aliphatic heterocycles. The molecule has 1 aliphatic rings. The topological polar surface area (TPSA) is 96.7 Å². The number of hydrogen-bond acceptors (Lipinski definition) is 7. The highest BCUT2D eigenvalue weighted by Gasteiger charge is 2.45. The molecule has 0 unspecified atom stereocenters. The number of amides is 1. The van der Waals surface area contributed by atoms with E-state index in [2.05, 4.69) is 9.47 Å². The summed E-state index contributed by atoms with van der Waals surface area (Å²) in [5, 5.41) is 7.62. The van der Waals surface area contributed by atoms with Crippen LogP contribution in [0.1, 0.15) is 6.42 Å². The van der Waals surface area contributed by atoms with E-state index in [9.17, 15) is 14.4 Å². The Bertz CT molecular complexity index is 382. The summed E-state index contributed by atoms with van der Waals surface area (Å²) in [6, 6.07) is 0.838. The summed E-state index contributed by atoms with van der Waals surface area (Å²) in [4.78, 5) is 35.9. The molecule has 7 nitrogen and oxygen atoms in total. The standard InChI is InChI=1S/C10H12N2O5S/c1-16-9(14)6-5-18-8(10(15)17-2)12(6)7(13)3-4-11/h6,8H,3,5H2,1-2H3/t6-,8-/m0/s1. The van der Waals surface area contributed by atoms with Gasteiger partial charge in [-0.25, -0.2) is 9.59 Å². The minimum absolute atomic E-state index is 0.240. The number of hydrogen-bond donors (Lipinski definition) is 0. The maximum atomic E-state index is 11.8. The molecule has 18 heavy (non-hydrogen) atoms. The van der Waals surface area contributed by atoms with Crippen molar-refractivity contribution in [2.24, 2.45) is 0 Å². The Balaban J connectivity index is 2.96. The number of ether oxygens (including phenoxy) is 2. The van der Waals surface area contributed by atoms with Crippen molar-refractivity contribution in [1.82, 2.24) is 4.90 Å². The Kier molecular flexibility index (Phi) is 4.97. The fourth-order valence-corrected chi connectivity index (χ4v) is 2.89. The highest BCUT2D eigenvalue weighted by atomic mass is 32.2. The van der Waals surface area contributed by atoms with Crippen LogP contribution < -0.4 is 0 Å². The number of thioether (sulfide) groups is 1. The summed E-state index contributed by atoms with van der Waals surface area (Å²) in [6.45, 7) is 0. The monoisotopic (exact) mass is 272 g/mol. The quantitative estimate of drug-likeness (QED) is 0.640. The van der Waals surface area contributed by atoms with Crippen molar-refractivity contribution in [3.63, 3.8) is 0 Å². The van der Waals surface area contributed by atoms with E-state index in [0.717, 1.165) is 16.7 Å². The first-order valence-electron chi connectivity index (χ1n) is 5.02. The molecule has 0 radical (unpaired) electrons. The van der Waals surface area contributed by atoms with Crippen molar-refractivity contribution in [2.75, 3.05) is 20.0 Å². The molecule has 1 rings (SSSR count). The first-order valence-corrected chi connectivity index (χ1v) is 6.07. The summed E-state index contributed by atoms with van der Waals surface area (Å²) >= 11 is 1.11. The van der Waals surface area contributed by atoms with Crippen LogP contribution in [-0.4, -0.2) is 54.1 Å². The molecule has 0 aromatic carbocycles. The fourth-order valence-electron chi connectivity index (χ4n) is 1.57. The summed E-state index contributed by atoms with van der Waals surface area (Å²) < 4.78 is 9.14. The molecule has 2 atom stereocenters. The molecule has 98 valence electrons. The lowest BCUT2D eigenvalue weighted by atomic mass is 10.2. The summed E-state index contributed by atoms with van der Waals surface area (Å²) in [7, 11) is 2.40. The molecule has 0 bridgehead atoms. The third-order valence-corrected chi connectivity index (χ3v) is 3.64. The second-order valence-electron chi connectivity index (χ2n) is 3.38. The van der Waals surface area contributed by atoms with Crippen LogP contribution in [0.3, 0.4) is 0 Å². The van der Waals surface area contributed by atoms with Gasteiger partial charge in [0.25, 0.3) is 0 Å². The van der Waals surface area contributed by atoms with Gasteiger partial charge in [-0.15, -0.1) is 11.8 Å². The van der Waals surface area contributed by atoms with Crippen LogP contribution in [0.2, 0.25) is 0 Å². The van der Waals surface area contributed by atoms with Gasteiger partial charge in [0.05, 0.1) is 20.3 Å². The van der Waals surface area contributed by atoms with E-state index in [1.54, 1.807) is 6.07 Å². The van der Waals surface area contributed by atoms with Gasteiger partial charge in [-0.1, -0.05) is 0 Å². The van der Waals surface area contributed by atoms with Gasteiger partial charge in [-0.05, 0) is 0 Å². The Morgan fingerprint density at radius 1 is 1.33 bits per heavy atom. The molecule has 1 fully saturated rings. The SMILES string of the molecule is COC(=O)[C@@H]1CS[C@@H](C(=O)OC)N1C(=O)CC#N. The van der Waals surface area contributed by atoms with Crippen molar-refractivity contribution >= 4 is 29.6 Å². The van der Waals surface area contributed by atoms with Gasteiger partial charge in [-0.3, -0.25) is 4.79 Å². The average molecular weight is 272 g/mol. The van der Waals surface area contributed by atoms with Gasteiger partial charge >= 0.3 is 11.9 Å². The number of esters is 2. The van der Waals surface area contributed by atoms with Gasteiger partial charge in [0.1, 0.15) is 12.5 Å². The molecule has 1 heterocycles. The minimum Gasteiger partial charge on any atom is -0.467 e. The van der Waals surface area contributed by atoms with Gasteiger partial charge in [0.15, 0.2) is 5.37 Å². The molecular weight excluding hydrogens is 260 g/mol. The molecule has 0 N–H and O–H groups in total. The number of carbonyl (C=O) groups is 3. The molecule has 0 aliphatic carbocycles. The van der Waals surface area contributed by atoms with Crippen molar-refractivity contribution in [3.8, 4) is 6.07 Å². The zero-order valence-corrected chi connectivity index (χ0v) is 10.7.